The average molecular weight is 384 g/mol. The first kappa shape index (κ1) is 19.5. The second kappa shape index (κ2) is 7.80. The number of benzene rings is 2. The fourth-order valence-electron chi connectivity index (χ4n) is 3.15. The normalized spacial score (nSPS) is 16.7. The largest absolute Gasteiger partial charge is 0.493 e. The van der Waals surface area contributed by atoms with E-state index in [1.165, 1.54) is 12.0 Å². The van der Waals surface area contributed by atoms with Gasteiger partial charge in [0.1, 0.15) is 11.8 Å². The first-order chi connectivity index (χ1) is 13.3. The third-order valence-electron chi connectivity index (χ3n) is 4.68. The Morgan fingerprint density at radius 2 is 1.86 bits per heavy atom. The van der Waals surface area contributed by atoms with Gasteiger partial charge in [-0.3, -0.25) is 14.5 Å². The van der Waals surface area contributed by atoms with E-state index in [0.717, 1.165) is 5.56 Å². The molecule has 2 amide bonds. The number of amides is 2. The molecule has 2 aromatic rings. The summed E-state index contributed by atoms with van der Waals surface area (Å²) in [6.07, 6.45) is -0.661. The molecule has 0 saturated carbocycles. The zero-order chi connectivity index (χ0) is 20.4. The van der Waals surface area contributed by atoms with Gasteiger partial charge in [0.2, 0.25) is 5.91 Å². The van der Waals surface area contributed by atoms with Crippen molar-refractivity contribution in [2.75, 3.05) is 24.4 Å². The summed E-state index contributed by atoms with van der Waals surface area (Å²) in [6, 6.07) is 9.94. The van der Waals surface area contributed by atoms with E-state index in [1.54, 1.807) is 39.2 Å². The van der Waals surface area contributed by atoms with Crippen LogP contribution in [0.3, 0.4) is 0 Å². The Morgan fingerprint density at radius 1 is 1.14 bits per heavy atom. The Bertz CT molecular complexity index is 912. The molecule has 1 aliphatic heterocycles. The van der Waals surface area contributed by atoms with Crippen LogP contribution < -0.4 is 24.4 Å². The molecular formula is C21H24N2O5. The van der Waals surface area contributed by atoms with Gasteiger partial charge in [-0.1, -0.05) is 6.07 Å². The van der Waals surface area contributed by atoms with Crippen molar-refractivity contribution in [3.8, 4) is 17.2 Å². The lowest BCUT2D eigenvalue weighted by Gasteiger charge is -2.36. The lowest BCUT2D eigenvalue weighted by molar-refractivity contribution is -0.128. The standard InChI is InChI=1S/C21H24N2O5/c1-12-6-8-17-16(10-12)23(21(25)14(3)28-17)13(2)20(24)22-15-7-9-18(26-4)19(11-15)27-5/h6-11,13-14H,1-5H3,(H,22,24). The molecule has 0 fully saturated rings. The highest BCUT2D eigenvalue weighted by Crippen LogP contribution is 2.36. The first-order valence-electron chi connectivity index (χ1n) is 8.99. The van der Waals surface area contributed by atoms with Crippen molar-refractivity contribution in [1.82, 2.24) is 0 Å². The van der Waals surface area contributed by atoms with Crippen LogP contribution in [0.4, 0.5) is 11.4 Å². The van der Waals surface area contributed by atoms with Gasteiger partial charge < -0.3 is 19.5 Å². The highest BCUT2D eigenvalue weighted by atomic mass is 16.5. The van der Waals surface area contributed by atoms with Crippen molar-refractivity contribution >= 4 is 23.2 Å². The molecule has 0 aliphatic carbocycles. The molecule has 0 radical (unpaired) electrons. The minimum Gasteiger partial charge on any atom is -0.493 e. The predicted molar refractivity (Wildman–Crippen MR) is 106 cm³/mol. The molecule has 7 nitrogen and oxygen atoms in total. The number of fused-ring (bicyclic) bond motifs is 1. The maximum absolute atomic E-state index is 12.9. The van der Waals surface area contributed by atoms with Crippen LogP contribution in [-0.2, 0) is 9.59 Å². The number of carbonyl (C=O) groups excluding carboxylic acids is 2. The fraction of sp³-hybridized carbons (Fsp3) is 0.333. The molecule has 2 unspecified atom stereocenters. The predicted octanol–water partition coefficient (Wildman–Crippen LogP) is 3.15. The van der Waals surface area contributed by atoms with Crippen LogP contribution in [0.2, 0.25) is 0 Å². The minimum atomic E-state index is -0.729. The van der Waals surface area contributed by atoms with Crippen molar-refractivity contribution in [1.29, 1.82) is 0 Å². The number of anilines is 2. The zero-order valence-corrected chi connectivity index (χ0v) is 16.6. The molecule has 7 heteroatoms. The Hall–Kier alpha value is -3.22. The molecule has 148 valence electrons. The summed E-state index contributed by atoms with van der Waals surface area (Å²) in [6.45, 7) is 5.30. The number of rotatable bonds is 5. The molecule has 28 heavy (non-hydrogen) atoms. The number of carbonyl (C=O) groups is 2. The minimum absolute atomic E-state index is 0.256. The summed E-state index contributed by atoms with van der Waals surface area (Å²) in [4.78, 5) is 27.2. The summed E-state index contributed by atoms with van der Waals surface area (Å²) >= 11 is 0. The van der Waals surface area contributed by atoms with Crippen LogP contribution in [0, 0.1) is 6.92 Å². The van der Waals surface area contributed by atoms with Crippen molar-refractivity contribution in [2.45, 2.75) is 32.9 Å². The van der Waals surface area contributed by atoms with Crippen molar-refractivity contribution in [3.63, 3.8) is 0 Å². The number of nitrogens with one attached hydrogen (secondary N) is 1. The van der Waals surface area contributed by atoms with E-state index in [0.29, 0.717) is 28.6 Å². The van der Waals surface area contributed by atoms with Crippen LogP contribution >= 0.6 is 0 Å². The first-order valence-corrected chi connectivity index (χ1v) is 8.99. The third kappa shape index (κ3) is 3.60. The number of nitrogens with zero attached hydrogens (tertiary/aromatic N) is 1. The monoisotopic (exact) mass is 384 g/mol. The molecule has 2 aromatic carbocycles. The lowest BCUT2D eigenvalue weighted by Crippen LogP contribution is -2.52. The molecule has 2 atom stereocenters. The number of hydrogen-bond acceptors (Lipinski definition) is 5. The van der Waals surface area contributed by atoms with Crippen LogP contribution in [0.5, 0.6) is 17.2 Å². The van der Waals surface area contributed by atoms with Gasteiger partial charge in [0.15, 0.2) is 17.6 Å². The molecular weight excluding hydrogens is 360 g/mol. The van der Waals surface area contributed by atoms with Crippen molar-refractivity contribution in [2.24, 2.45) is 0 Å². The van der Waals surface area contributed by atoms with Gasteiger partial charge in [0.05, 0.1) is 19.9 Å². The van der Waals surface area contributed by atoms with Gasteiger partial charge in [-0.2, -0.15) is 0 Å². The van der Waals surface area contributed by atoms with E-state index in [4.69, 9.17) is 14.2 Å². The lowest BCUT2D eigenvalue weighted by atomic mass is 10.1. The second-order valence-corrected chi connectivity index (χ2v) is 6.67. The average Bonchev–Trinajstić information content (AvgIpc) is 2.68. The van der Waals surface area contributed by atoms with E-state index >= 15 is 0 Å². The molecule has 0 aromatic heterocycles. The SMILES string of the molecule is COc1ccc(NC(=O)C(C)N2C(=O)C(C)Oc3ccc(C)cc32)cc1OC. The topological polar surface area (TPSA) is 77.1 Å². The van der Waals surface area contributed by atoms with Gasteiger partial charge in [0.25, 0.3) is 5.91 Å². The van der Waals surface area contributed by atoms with E-state index in [2.05, 4.69) is 5.32 Å². The number of hydrogen-bond donors (Lipinski definition) is 1. The highest BCUT2D eigenvalue weighted by Gasteiger charge is 2.37. The molecule has 3 rings (SSSR count). The third-order valence-corrected chi connectivity index (χ3v) is 4.68. The summed E-state index contributed by atoms with van der Waals surface area (Å²) in [7, 11) is 3.07. The van der Waals surface area contributed by atoms with Crippen molar-refractivity contribution < 1.29 is 23.8 Å². The summed E-state index contributed by atoms with van der Waals surface area (Å²) in [5, 5.41) is 2.84. The summed E-state index contributed by atoms with van der Waals surface area (Å²) in [5.41, 5.74) is 2.12. The molecule has 1 N–H and O–H groups in total. The Morgan fingerprint density at radius 3 is 2.54 bits per heavy atom. The second-order valence-electron chi connectivity index (χ2n) is 6.67. The summed E-state index contributed by atoms with van der Waals surface area (Å²) < 4.78 is 16.2. The Kier molecular flexibility index (Phi) is 5.44. The molecule has 0 spiro atoms. The molecule has 1 aliphatic rings. The van der Waals surface area contributed by atoms with Crippen LogP contribution in [0.1, 0.15) is 19.4 Å². The maximum atomic E-state index is 12.9. The zero-order valence-electron chi connectivity index (χ0n) is 16.6. The van der Waals surface area contributed by atoms with Gasteiger partial charge in [0, 0.05) is 11.8 Å². The Labute approximate surface area is 164 Å². The van der Waals surface area contributed by atoms with E-state index < -0.39 is 12.1 Å². The number of methoxy groups -OCH3 is 2. The van der Waals surface area contributed by atoms with Gasteiger partial charge >= 0.3 is 0 Å². The van der Waals surface area contributed by atoms with Gasteiger partial charge in [-0.25, -0.2) is 0 Å². The van der Waals surface area contributed by atoms with Crippen LogP contribution in [-0.4, -0.2) is 38.2 Å². The molecule has 1 heterocycles. The van der Waals surface area contributed by atoms with Crippen LogP contribution in [0.15, 0.2) is 36.4 Å². The number of ether oxygens (including phenoxy) is 3. The highest BCUT2D eigenvalue weighted by molar-refractivity contribution is 6.08. The summed E-state index contributed by atoms with van der Waals surface area (Å²) in [5.74, 6) is 1.08. The smallest absolute Gasteiger partial charge is 0.268 e. The number of aryl methyl sites for hydroxylation is 1. The van der Waals surface area contributed by atoms with Crippen LogP contribution in [0.25, 0.3) is 0 Å². The Balaban J connectivity index is 1.87. The maximum Gasteiger partial charge on any atom is 0.268 e. The fourth-order valence-corrected chi connectivity index (χ4v) is 3.15. The van der Waals surface area contributed by atoms with E-state index in [1.807, 2.05) is 25.1 Å². The quantitative estimate of drug-likeness (QED) is 0.857. The van der Waals surface area contributed by atoms with E-state index in [9.17, 15) is 9.59 Å². The molecule has 0 saturated heterocycles. The molecule has 0 bridgehead atoms. The van der Waals surface area contributed by atoms with E-state index in [-0.39, 0.29) is 11.8 Å². The van der Waals surface area contributed by atoms with Gasteiger partial charge in [-0.05, 0) is 50.6 Å². The van der Waals surface area contributed by atoms with Crippen molar-refractivity contribution in [3.05, 3.63) is 42.0 Å². The van der Waals surface area contributed by atoms with Gasteiger partial charge in [-0.15, -0.1) is 0 Å².